The van der Waals surface area contributed by atoms with Crippen LogP contribution in [-0.4, -0.2) is 62.3 Å². The molecule has 0 amide bonds. The summed E-state index contributed by atoms with van der Waals surface area (Å²) < 4.78 is 0. The minimum atomic E-state index is -1.88. The third-order valence-electron chi connectivity index (χ3n) is 1.91. The van der Waals surface area contributed by atoms with Gasteiger partial charge in [0.25, 0.3) is 0 Å². The Morgan fingerprint density at radius 2 is 1.71 bits per heavy atom. The smallest absolute Gasteiger partial charge is 0.192 e. The largest absolute Gasteiger partial charge is 0.394 e. The zero-order valence-electron chi connectivity index (χ0n) is 7.87. The van der Waals surface area contributed by atoms with Crippen molar-refractivity contribution in [3.63, 3.8) is 0 Å². The molecule has 0 fully saturated rings. The molecule has 0 bridgehead atoms. The number of carbonyl (C=O) groups excluding carboxylic acids is 1. The second kappa shape index (κ2) is 6.05. The van der Waals surface area contributed by atoms with E-state index < -0.39 is 36.8 Å². The minimum absolute atomic E-state index is 0.109. The maximum absolute atomic E-state index is 11.1. The monoisotopic (exact) mass is 208 g/mol. The van der Waals surface area contributed by atoms with E-state index >= 15 is 0 Å². The molecule has 5 N–H and O–H groups in total. The van der Waals surface area contributed by atoms with Crippen LogP contribution >= 0.6 is 0 Å². The molecular weight excluding hydrogens is 192 g/mol. The Morgan fingerprint density at radius 1 is 1.21 bits per heavy atom. The van der Waals surface area contributed by atoms with E-state index in [1.165, 1.54) is 6.92 Å². The second-order valence-electron chi connectivity index (χ2n) is 3.01. The molecule has 0 aromatic rings. The molecule has 14 heavy (non-hydrogen) atoms. The minimum Gasteiger partial charge on any atom is -0.394 e. The molecule has 0 saturated carbocycles. The van der Waals surface area contributed by atoms with Gasteiger partial charge < -0.3 is 25.5 Å². The molecule has 6 heteroatoms. The van der Waals surface area contributed by atoms with Crippen molar-refractivity contribution in [2.75, 3.05) is 6.61 Å². The fraction of sp³-hybridized carbons (Fsp3) is 0.875. The Morgan fingerprint density at radius 3 is 2.07 bits per heavy atom. The molecule has 0 rings (SSSR count). The van der Waals surface area contributed by atoms with Gasteiger partial charge in [-0.15, -0.1) is 0 Å². The van der Waals surface area contributed by atoms with Crippen molar-refractivity contribution in [2.45, 2.75) is 37.8 Å². The Kier molecular flexibility index (Phi) is 5.82. The van der Waals surface area contributed by atoms with Gasteiger partial charge in [0, 0.05) is 0 Å². The van der Waals surface area contributed by atoms with Crippen molar-refractivity contribution in [1.29, 1.82) is 0 Å². The third-order valence-corrected chi connectivity index (χ3v) is 1.91. The molecular formula is C8H16O6. The van der Waals surface area contributed by atoms with Gasteiger partial charge in [-0.1, -0.05) is 6.92 Å². The van der Waals surface area contributed by atoms with Crippen LogP contribution in [0.5, 0.6) is 0 Å². The summed E-state index contributed by atoms with van der Waals surface area (Å²) in [6, 6.07) is 0. The first-order chi connectivity index (χ1) is 6.45. The van der Waals surface area contributed by atoms with Crippen molar-refractivity contribution in [2.24, 2.45) is 0 Å². The summed E-state index contributed by atoms with van der Waals surface area (Å²) in [6.07, 6.45) is -6.53. The molecule has 0 radical (unpaired) electrons. The fourth-order valence-electron chi connectivity index (χ4n) is 0.885. The van der Waals surface area contributed by atoms with Crippen molar-refractivity contribution < 1.29 is 30.3 Å². The first kappa shape index (κ1) is 13.5. The summed E-state index contributed by atoms with van der Waals surface area (Å²) in [4.78, 5) is 11.1. The molecule has 0 saturated heterocycles. The topological polar surface area (TPSA) is 118 Å². The van der Waals surface area contributed by atoms with Crippen LogP contribution in [0.25, 0.3) is 0 Å². The van der Waals surface area contributed by atoms with Crippen LogP contribution in [0.1, 0.15) is 13.3 Å². The maximum Gasteiger partial charge on any atom is 0.192 e. The molecule has 0 spiro atoms. The average Bonchev–Trinajstić information content (AvgIpc) is 2.23. The van der Waals surface area contributed by atoms with Gasteiger partial charge in [0.15, 0.2) is 5.78 Å². The quantitative estimate of drug-likeness (QED) is 0.327. The number of Topliss-reactive ketones (excluding diaryl/α,β-unsaturated/α-hetero) is 1. The van der Waals surface area contributed by atoms with Crippen LogP contribution in [0.2, 0.25) is 0 Å². The molecule has 0 aromatic heterocycles. The normalized spacial score (nSPS) is 19.9. The first-order valence-electron chi connectivity index (χ1n) is 4.32. The lowest BCUT2D eigenvalue weighted by molar-refractivity contribution is -0.148. The Hall–Kier alpha value is -0.530. The van der Waals surface area contributed by atoms with Gasteiger partial charge in [0.05, 0.1) is 6.61 Å². The molecule has 0 aromatic carbocycles. The zero-order valence-corrected chi connectivity index (χ0v) is 7.87. The summed E-state index contributed by atoms with van der Waals surface area (Å²) in [6.45, 7) is 0.762. The summed E-state index contributed by atoms with van der Waals surface area (Å²) in [7, 11) is 0. The highest BCUT2D eigenvalue weighted by atomic mass is 16.4. The summed E-state index contributed by atoms with van der Waals surface area (Å²) in [5.74, 6) is -0.965. The maximum atomic E-state index is 11.1. The Labute approximate surface area is 81.4 Å². The van der Waals surface area contributed by atoms with E-state index in [-0.39, 0.29) is 6.42 Å². The van der Waals surface area contributed by atoms with Gasteiger partial charge >= 0.3 is 0 Å². The summed E-state index contributed by atoms with van der Waals surface area (Å²) >= 11 is 0. The van der Waals surface area contributed by atoms with Crippen LogP contribution in [0, 0.1) is 0 Å². The highest BCUT2D eigenvalue weighted by molar-refractivity contribution is 5.87. The van der Waals surface area contributed by atoms with Crippen LogP contribution in [0.4, 0.5) is 0 Å². The van der Waals surface area contributed by atoms with E-state index in [0.717, 1.165) is 0 Å². The van der Waals surface area contributed by atoms with E-state index in [1.54, 1.807) is 0 Å². The van der Waals surface area contributed by atoms with E-state index in [0.29, 0.717) is 0 Å². The predicted octanol–water partition coefficient (Wildman–Crippen LogP) is -2.60. The van der Waals surface area contributed by atoms with Crippen LogP contribution < -0.4 is 0 Å². The van der Waals surface area contributed by atoms with Gasteiger partial charge in [-0.2, -0.15) is 0 Å². The second-order valence-corrected chi connectivity index (χ2v) is 3.01. The number of hydrogen-bond donors (Lipinski definition) is 5. The lowest BCUT2D eigenvalue weighted by Gasteiger charge is -2.21. The first-order valence-corrected chi connectivity index (χ1v) is 4.32. The van der Waals surface area contributed by atoms with E-state index in [2.05, 4.69) is 0 Å². The molecule has 0 aliphatic heterocycles. The van der Waals surface area contributed by atoms with E-state index in [1.807, 2.05) is 0 Å². The zero-order chi connectivity index (χ0) is 11.3. The fourth-order valence-corrected chi connectivity index (χ4v) is 0.885. The predicted molar refractivity (Wildman–Crippen MR) is 46.4 cm³/mol. The van der Waals surface area contributed by atoms with E-state index in [9.17, 15) is 4.79 Å². The van der Waals surface area contributed by atoms with Gasteiger partial charge in [0.2, 0.25) is 0 Å². The van der Waals surface area contributed by atoms with Crippen molar-refractivity contribution in [1.82, 2.24) is 0 Å². The SMILES string of the molecule is CCC(O)C(=O)[C@@H](O)[C@H](O)[C@H](O)CO. The van der Waals surface area contributed by atoms with Gasteiger partial charge in [-0.05, 0) is 6.42 Å². The number of carbonyl (C=O) groups is 1. The highest BCUT2D eigenvalue weighted by Gasteiger charge is 2.32. The molecule has 0 aliphatic rings. The van der Waals surface area contributed by atoms with Crippen LogP contribution in [0.15, 0.2) is 0 Å². The standard InChI is InChI=1S/C8H16O6/c1-2-4(10)6(12)8(14)7(13)5(11)3-9/h4-5,7-11,13-14H,2-3H2,1H3/t4?,5-,7-,8-/m1/s1. The number of aliphatic hydroxyl groups excluding tert-OH is 5. The lowest BCUT2D eigenvalue weighted by atomic mass is 10.00. The van der Waals surface area contributed by atoms with Crippen LogP contribution in [0.3, 0.4) is 0 Å². The molecule has 1 unspecified atom stereocenters. The molecule has 0 aliphatic carbocycles. The van der Waals surface area contributed by atoms with Gasteiger partial charge in [-0.25, -0.2) is 0 Å². The molecule has 6 nitrogen and oxygen atoms in total. The third kappa shape index (κ3) is 3.32. The molecule has 0 heterocycles. The molecule has 84 valence electrons. The van der Waals surface area contributed by atoms with Crippen LogP contribution in [-0.2, 0) is 4.79 Å². The van der Waals surface area contributed by atoms with Crippen molar-refractivity contribution in [3.8, 4) is 0 Å². The molecule has 4 atom stereocenters. The van der Waals surface area contributed by atoms with Crippen molar-refractivity contribution in [3.05, 3.63) is 0 Å². The number of ketones is 1. The van der Waals surface area contributed by atoms with Gasteiger partial charge in [0.1, 0.15) is 24.4 Å². The van der Waals surface area contributed by atoms with Crippen molar-refractivity contribution >= 4 is 5.78 Å². The summed E-state index contributed by atoms with van der Waals surface area (Å²) in [5.41, 5.74) is 0. The Bertz CT molecular complexity index is 183. The lowest BCUT2D eigenvalue weighted by Crippen LogP contribution is -2.47. The highest BCUT2D eigenvalue weighted by Crippen LogP contribution is 2.05. The van der Waals surface area contributed by atoms with E-state index in [4.69, 9.17) is 25.5 Å². The number of aliphatic hydroxyl groups is 5. The summed E-state index contributed by atoms with van der Waals surface area (Å²) in [5, 5.41) is 44.6. The Balaban J connectivity index is 4.30. The average molecular weight is 208 g/mol. The number of hydrogen-bond acceptors (Lipinski definition) is 6. The van der Waals surface area contributed by atoms with Gasteiger partial charge in [-0.3, -0.25) is 4.79 Å². The number of rotatable bonds is 6.